The number of halogens is 2. The minimum Gasteiger partial charge on any atom is -0.319 e. The normalized spacial score (nSPS) is 19.2. The lowest BCUT2D eigenvalue weighted by Crippen LogP contribution is -2.47. The smallest absolute Gasteiger partial charge is 0.184 e. The maximum Gasteiger partial charge on any atom is 0.184 e. The molecule has 0 heterocycles. The van der Waals surface area contributed by atoms with Crippen LogP contribution < -0.4 is 5.73 Å². The Balaban J connectivity index is 2.37. The summed E-state index contributed by atoms with van der Waals surface area (Å²) in [5.74, 6) is 0.151. The van der Waals surface area contributed by atoms with Gasteiger partial charge in [0.25, 0.3) is 0 Å². The second kappa shape index (κ2) is 4.02. The molecular weight excluding hydrogens is 245 g/mol. The van der Waals surface area contributed by atoms with E-state index in [2.05, 4.69) is 0 Å². The summed E-state index contributed by atoms with van der Waals surface area (Å²) in [6, 6.07) is 5.04. The third-order valence-corrected chi connectivity index (χ3v) is 3.93. The van der Waals surface area contributed by atoms with Gasteiger partial charge in [-0.05, 0) is 37.8 Å². The Hall–Kier alpha value is -0.570. The van der Waals surface area contributed by atoms with Crippen molar-refractivity contribution in [2.75, 3.05) is 0 Å². The summed E-state index contributed by atoms with van der Waals surface area (Å²) in [7, 11) is 0. The highest BCUT2D eigenvalue weighted by Crippen LogP contribution is 2.40. The van der Waals surface area contributed by atoms with E-state index in [0.717, 1.165) is 12.8 Å². The molecule has 1 atom stereocenters. The Morgan fingerprint density at radius 1 is 1.44 bits per heavy atom. The molecule has 0 spiro atoms. The highest BCUT2D eigenvalue weighted by Gasteiger charge is 2.44. The molecule has 16 heavy (non-hydrogen) atoms. The average Bonchev–Trinajstić information content (AvgIpc) is 3.04. The van der Waals surface area contributed by atoms with Crippen molar-refractivity contribution in [1.29, 1.82) is 0 Å². The number of Topliss-reactive ketones (excluding diaryl/α,β-unsaturated/α-hetero) is 1. The van der Waals surface area contributed by atoms with E-state index in [-0.39, 0.29) is 11.7 Å². The van der Waals surface area contributed by atoms with Crippen molar-refractivity contribution in [3.8, 4) is 0 Å². The van der Waals surface area contributed by atoms with Gasteiger partial charge >= 0.3 is 0 Å². The zero-order chi connectivity index (χ0) is 11.9. The van der Waals surface area contributed by atoms with Crippen LogP contribution in [0.25, 0.3) is 0 Å². The van der Waals surface area contributed by atoms with Crippen molar-refractivity contribution in [3.63, 3.8) is 0 Å². The highest BCUT2D eigenvalue weighted by atomic mass is 35.5. The van der Waals surface area contributed by atoms with Crippen LogP contribution in [0.3, 0.4) is 0 Å². The largest absolute Gasteiger partial charge is 0.319 e. The molecular formula is C12H13Cl2NO. The van der Waals surface area contributed by atoms with Crippen molar-refractivity contribution in [2.45, 2.75) is 25.3 Å². The van der Waals surface area contributed by atoms with Crippen molar-refractivity contribution in [1.82, 2.24) is 0 Å². The van der Waals surface area contributed by atoms with E-state index in [9.17, 15) is 4.79 Å². The van der Waals surface area contributed by atoms with Gasteiger partial charge in [0, 0.05) is 5.56 Å². The molecule has 0 bridgehead atoms. The van der Waals surface area contributed by atoms with Gasteiger partial charge in [0.15, 0.2) is 5.78 Å². The Morgan fingerprint density at radius 3 is 2.62 bits per heavy atom. The van der Waals surface area contributed by atoms with Crippen LogP contribution >= 0.6 is 23.2 Å². The number of ketones is 1. The summed E-state index contributed by atoms with van der Waals surface area (Å²) >= 11 is 11.9. The predicted molar refractivity (Wildman–Crippen MR) is 66.1 cm³/mol. The lowest BCUT2D eigenvalue weighted by atomic mass is 9.87. The van der Waals surface area contributed by atoms with Gasteiger partial charge in [0.2, 0.25) is 0 Å². The van der Waals surface area contributed by atoms with Crippen LogP contribution in [0.15, 0.2) is 18.2 Å². The van der Waals surface area contributed by atoms with Crippen LogP contribution in [-0.4, -0.2) is 11.3 Å². The van der Waals surface area contributed by atoms with E-state index in [0.29, 0.717) is 15.6 Å². The van der Waals surface area contributed by atoms with Crippen molar-refractivity contribution < 1.29 is 4.79 Å². The third kappa shape index (κ3) is 1.97. The molecule has 1 aromatic carbocycles. The van der Waals surface area contributed by atoms with Crippen LogP contribution in [0.1, 0.15) is 30.1 Å². The molecule has 0 aliphatic heterocycles. The fourth-order valence-corrected chi connectivity index (χ4v) is 2.22. The van der Waals surface area contributed by atoms with Crippen molar-refractivity contribution in [3.05, 3.63) is 33.8 Å². The van der Waals surface area contributed by atoms with E-state index < -0.39 is 5.54 Å². The number of carbonyl (C=O) groups excluding carboxylic acids is 1. The van der Waals surface area contributed by atoms with E-state index in [1.54, 1.807) is 25.1 Å². The number of rotatable bonds is 3. The molecule has 0 saturated heterocycles. The van der Waals surface area contributed by atoms with E-state index in [1.807, 2.05) is 0 Å². The molecule has 86 valence electrons. The van der Waals surface area contributed by atoms with Gasteiger partial charge in [-0.15, -0.1) is 0 Å². The zero-order valence-electron chi connectivity index (χ0n) is 8.97. The minimum absolute atomic E-state index is 0.123. The quantitative estimate of drug-likeness (QED) is 0.845. The van der Waals surface area contributed by atoms with Crippen molar-refractivity contribution >= 4 is 29.0 Å². The van der Waals surface area contributed by atoms with Gasteiger partial charge in [-0.3, -0.25) is 4.79 Å². The Kier molecular flexibility index (Phi) is 2.99. The van der Waals surface area contributed by atoms with Crippen LogP contribution in [0, 0.1) is 5.92 Å². The van der Waals surface area contributed by atoms with Crippen LogP contribution in [-0.2, 0) is 0 Å². The first kappa shape index (κ1) is 11.9. The van der Waals surface area contributed by atoms with Crippen LogP contribution in [0.2, 0.25) is 10.0 Å². The van der Waals surface area contributed by atoms with E-state index in [1.165, 1.54) is 0 Å². The number of benzene rings is 1. The third-order valence-electron chi connectivity index (χ3n) is 3.11. The lowest BCUT2D eigenvalue weighted by Gasteiger charge is -2.23. The van der Waals surface area contributed by atoms with Gasteiger partial charge < -0.3 is 5.73 Å². The Morgan fingerprint density at radius 2 is 2.06 bits per heavy atom. The second-order valence-electron chi connectivity index (χ2n) is 4.49. The summed E-state index contributed by atoms with van der Waals surface area (Å²) in [6.45, 7) is 1.77. The maximum absolute atomic E-state index is 12.3. The molecule has 0 radical (unpaired) electrons. The average molecular weight is 258 g/mol. The standard InChI is InChI=1S/C12H13Cl2NO/c1-12(15,7-5-6-7)11(16)8-3-2-4-9(13)10(8)14/h2-4,7H,5-6,15H2,1H3. The molecule has 1 aliphatic carbocycles. The molecule has 1 unspecified atom stereocenters. The monoisotopic (exact) mass is 257 g/mol. The highest BCUT2D eigenvalue weighted by molar-refractivity contribution is 6.44. The minimum atomic E-state index is -0.825. The Bertz CT molecular complexity index is 439. The molecule has 2 nitrogen and oxygen atoms in total. The first-order chi connectivity index (χ1) is 7.44. The maximum atomic E-state index is 12.3. The summed E-state index contributed by atoms with van der Waals surface area (Å²) < 4.78 is 0. The number of nitrogens with two attached hydrogens (primary N) is 1. The van der Waals surface area contributed by atoms with Crippen molar-refractivity contribution in [2.24, 2.45) is 11.7 Å². The number of hydrogen-bond donors (Lipinski definition) is 1. The summed E-state index contributed by atoms with van der Waals surface area (Å²) in [5, 5.41) is 0.686. The van der Waals surface area contributed by atoms with Gasteiger partial charge in [-0.2, -0.15) is 0 Å². The molecule has 1 aromatic rings. The topological polar surface area (TPSA) is 43.1 Å². The Labute approximate surface area is 105 Å². The fraction of sp³-hybridized carbons (Fsp3) is 0.417. The summed E-state index contributed by atoms with van der Waals surface area (Å²) in [5.41, 5.74) is 5.66. The lowest BCUT2D eigenvalue weighted by molar-refractivity contribution is 0.0883. The van der Waals surface area contributed by atoms with Crippen LogP contribution in [0.5, 0.6) is 0 Å². The van der Waals surface area contributed by atoms with Gasteiger partial charge in [-0.25, -0.2) is 0 Å². The zero-order valence-corrected chi connectivity index (χ0v) is 10.5. The molecule has 2 N–H and O–H groups in total. The molecule has 4 heteroatoms. The second-order valence-corrected chi connectivity index (χ2v) is 5.27. The molecule has 2 rings (SSSR count). The fourth-order valence-electron chi connectivity index (χ4n) is 1.84. The molecule has 0 amide bonds. The molecule has 0 aromatic heterocycles. The van der Waals surface area contributed by atoms with Gasteiger partial charge in [-0.1, -0.05) is 29.3 Å². The summed E-state index contributed by atoms with van der Waals surface area (Å²) in [6.07, 6.45) is 2.02. The molecule has 1 saturated carbocycles. The molecule has 1 aliphatic rings. The first-order valence-electron chi connectivity index (χ1n) is 5.22. The van der Waals surface area contributed by atoms with Gasteiger partial charge in [0.1, 0.15) is 0 Å². The van der Waals surface area contributed by atoms with Gasteiger partial charge in [0.05, 0.1) is 15.6 Å². The van der Waals surface area contributed by atoms with E-state index >= 15 is 0 Å². The van der Waals surface area contributed by atoms with E-state index in [4.69, 9.17) is 28.9 Å². The number of hydrogen-bond acceptors (Lipinski definition) is 2. The number of carbonyl (C=O) groups is 1. The first-order valence-corrected chi connectivity index (χ1v) is 5.98. The molecule has 1 fully saturated rings. The predicted octanol–water partition coefficient (Wildman–Crippen LogP) is 3.30. The summed E-state index contributed by atoms with van der Waals surface area (Å²) in [4.78, 5) is 12.3. The van der Waals surface area contributed by atoms with Crippen LogP contribution in [0.4, 0.5) is 0 Å². The SMILES string of the molecule is CC(N)(C(=O)c1cccc(Cl)c1Cl)C1CC1.